The molecule has 0 aromatic carbocycles. The lowest BCUT2D eigenvalue weighted by Crippen LogP contribution is -2.44. The molecule has 1 aliphatic rings. The molecule has 0 unspecified atom stereocenters. The molecule has 1 fully saturated rings. The van der Waals surface area contributed by atoms with Crippen LogP contribution < -0.4 is 0 Å². The molecule has 0 saturated carbocycles. The van der Waals surface area contributed by atoms with Crippen molar-refractivity contribution in [3.63, 3.8) is 0 Å². The zero-order valence-electron chi connectivity index (χ0n) is 7.00. The van der Waals surface area contributed by atoms with E-state index < -0.39 is 5.79 Å². The minimum Gasteiger partial charge on any atom is -0.343 e. The summed E-state index contributed by atoms with van der Waals surface area (Å²) in [6.07, 6.45) is 1.34. The first-order valence-electron chi connectivity index (χ1n) is 3.96. The van der Waals surface area contributed by atoms with Gasteiger partial charge in [-0.2, -0.15) is 0 Å². The van der Waals surface area contributed by atoms with Crippen molar-refractivity contribution in [2.24, 2.45) is 5.92 Å². The third-order valence-corrected chi connectivity index (χ3v) is 1.90. The molecule has 0 amide bonds. The summed E-state index contributed by atoms with van der Waals surface area (Å²) in [5.74, 6) is -0.540. The van der Waals surface area contributed by atoms with Crippen molar-refractivity contribution in [3.05, 3.63) is 0 Å². The van der Waals surface area contributed by atoms with Gasteiger partial charge in [-0.05, 0) is 0 Å². The molecule has 3 nitrogen and oxygen atoms in total. The summed E-state index contributed by atoms with van der Waals surface area (Å²) in [5, 5.41) is 0. The van der Waals surface area contributed by atoms with Crippen LogP contribution in [0, 0.1) is 5.92 Å². The van der Waals surface area contributed by atoms with Gasteiger partial charge in [0.2, 0.25) is 5.79 Å². The Morgan fingerprint density at radius 1 is 1.55 bits per heavy atom. The fourth-order valence-electron chi connectivity index (χ4n) is 1.01. The van der Waals surface area contributed by atoms with E-state index in [9.17, 15) is 4.79 Å². The van der Waals surface area contributed by atoms with E-state index in [-0.39, 0.29) is 0 Å². The van der Waals surface area contributed by atoms with E-state index in [4.69, 9.17) is 9.47 Å². The third-order valence-electron chi connectivity index (χ3n) is 1.90. The number of rotatable bonds is 2. The van der Waals surface area contributed by atoms with E-state index in [0.717, 1.165) is 6.29 Å². The van der Waals surface area contributed by atoms with Gasteiger partial charge in [-0.25, -0.2) is 0 Å². The molecule has 1 rings (SSSR count). The summed E-state index contributed by atoms with van der Waals surface area (Å²) in [4.78, 5) is 10.6. The van der Waals surface area contributed by atoms with Crippen LogP contribution in [0.15, 0.2) is 0 Å². The zero-order chi connectivity index (χ0) is 8.32. The third kappa shape index (κ3) is 1.79. The predicted molar refractivity (Wildman–Crippen MR) is 40.2 cm³/mol. The van der Waals surface area contributed by atoms with Crippen molar-refractivity contribution in [1.29, 1.82) is 0 Å². The Hall–Kier alpha value is -0.410. The quantitative estimate of drug-likeness (QED) is 0.562. The number of carbonyl (C=O) groups is 1. The van der Waals surface area contributed by atoms with E-state index in [0.29, 0.717) is 25.6 Å². The molecular formula is C8H14O3. The molecule has 1 heterocycles. The highest BCUT2D eigenvalue weighted by atomic mass is 16.7. The monoisotopic (exact) mass is 158 g/mol. The SMILES string of the molecule is CCC1(C=O)OCC(C)CO1. The molecule has 0 bridgehead atoms. The molecule has 0 aromatic rings. The van der Waals surface area contributed by atoms with Gasteiger partial charge in [0.25, 0.3) is 0 Å². The summed E-state index contributed by atoms with van der Waals surface area (Å²) in [6.45, 7) is 5.15. The average Bonchev–Trinajstić information content (AvgIpc) is 2.07. The summed E-state index contributed by atoms with van der Waals surface area (Å²) in [7, 11) is 0. The van der Waals surface area contributed by atoms with Gasteiger partial charge < -0.3 is 9.47 Å². The van der Waals surface area contributed by atoms with Gasteiger partial charge in [0.1, 0.15) is 0 Å². The molecule has 64 valence electrons. The Morgan fingerprint density at radius 2 is 2.09 bits per heavy atom. The first-order chi connectivity index (χ1) is 5.22. The first kappa shape index (κ1) is 8.68. The van der Waals surface area contributed by atoms with Crippen LogP contribution in [0.25, 0.3) is 0 Å². The second-order valence-electron chi connectivity index (χ2n) is 3.01. The van der Waals surface area contributed by atoms with Crippen LogP contribution in [0.1, 0.15) is 20.3 Å². The van der Waals surface area contributed by atoms with Crippen LogP contribution in [0.4, 0.5) is 0 Å². The fraction of sp³-hybridized carbons (Fsp3) is 0.875. The van der Waals surface area contributed by atoms with Crippen molar-refractivity contribution >= 4 is 6.29 Å². The Kier molecular flexibility index (Phi) is 2.62. The van der Waals surface area contributed by atoms with Gasteiger partial charge >= 0.3 is 0 Å². The highest BCUT2D eigenvalue weighted by molar-refractivity contribution is 5.60. The van der Waals surface area contributed by atoms with Gasteiger partial charge in [-0.15, -0.1) is 0 Å². The fourth-order valence-corrected chi connectivity index (χ4v) is 1.01. The number of aldehydes is 1. The molecule has 0 aromatic heterocycles. The minimum absolute atomic E-state index is 0.398. The molecular weight excluding hydrogens is 144 g/mol. The summed E-state index contributed by atoms with van der Waals surface area (Å²) >= 11 is 0. The van der Waals surface area contributed by atoms with Gasteiger partial charge in [0.05, 0.1) is 13.2 Å². The summed E-state index contributed by atoms with van der Waals surface area (Å²) in [6, 6.07) is 0. The second kappa shape index (κ2) is 3.32. The lowest BCUT2D eigenvalue weighted by molar-refractivity contribution is -0.258. The van der Waals surface area contributed by atoms with E-state index in [1.807, 2.05) is 13.8 Å². The van der Waals surface area contributed by atoms with Crippen LogP contribution in [-0.2, 0) is 14.3 Å². The first-order valence-corrected chi connectivity index (χ1v) is 3.96. The second-order valence-corrected chi connectivity index (χ2v) is 3.01. The molecule has 0 atom stereocenters. The maximum atomic E-state index is 10.6. The normalized spacial score (nSPS) is 38.5. The van der Waals surface area contributed by atoms with E-state index in [1.165, 1.54) is 0 Å². The van der Waals surface area contributed by atoms with Gasteiger partial charge in [-0.3, -0.25) is 4.79 Å². The molecule has 0 aliphatic carbocycles. The van der Waals surface area contributed by atoms with Crippen molar-refractivity contribution in [2.75, 3.05) is 13.2 Å². The number of carbonyl (C=O) groups excluding carboxylic acids is 1. The van der Waals surface area contributed by atoms with E-state index in [2.05, 4.69) is 0 Å². The molecule has 11 heavy (non-hydrogen) atoms. The van der Waals surface area contributed by atoms with Crippen molar-refractivity contribution in [1.82, 2.24) is 0 Å². The number of hydrogen-bond acceptors (Lipinski definition) is 3. The van der Waals surface area contributed by atoms with Crippen molar-refractivity contribution in [3.8, 4) is 0 Å². The molecule has 1 aliphatic heterocycles. The van der Waals surface area contributed by atoms with Crippen LogP contribution >= 0.6 is 0 Å². The Balaban J connectivity index is 2.52. The van der Waals surface area contributed by atoms with E-state index in [1.54, 1.807) is 0 Å². The van der Waals surface area contributed by atoms with Gasteiger partial charge in [-0.1, -0.05) is 13.8 Å². The maximum absolute atomic E-state index is 10.6. The zero-order valence-corrected chi connectivity index (χ0v) is 7.00. The summed E-state index contributed by atoms with van der Waals surface area (Å²) in [5.41, 5.74) is 0. The largest absolute Gasteiger partial charge is 0.343 e. The molecule has 1 saturated heterocycles. The Morgan fingerprint density at radius 3 is 2.45 bits per heavy atom. The number of ether oxygens (including phenoxy) is 2. The number of hydrogen-bond donors (Lipinski definition) is 0. The molecule has 3 heteroatoms. The van der Waals surface area contributed by atoms with Crippen LogP contribution in [0.2, 0.25) is 0 Å². The van der Waals surface area contributed by atoms with E-state index >= 15 is 0 Å². The van der Waals surface area contributed by atoms with Gasteiger partial charge in [0, 0.05) is 12.3 Å². The topological polar surface area (TPSA) is 35.5 Å². The molecule has 0 N–H and O–H groups in total. The van der Waals surface area contributed by atoms with Crippen LogP contribution in [-0.4, -0.2) is 25.3 Å². The van der Waals surface area contributed by atoms with Gasteiger partial charge in [0.15, 0.2) is 6.29 Å². The van der Waals surface area contributed by atoms with Crippen molar-refractivity contribution < 1.29 is 14.3 Å². The lowest BCUT2D eigenvalue weighted by atomic mass is 10.1. The smallest absolute Gasteiger partial charge is 0.225 e. The predicted octanol–water partition coefficient (Wildman–Crippen LogP) is 0.974. The highest BCUT2D eigenvalue weighted by Crippen LogP contribution is 2.22. The van der Waals surface area contributed by atoms with Crippen LogP contribution in [0.3, 0.4) is 0 Å². The minimum atomic E-state index is -0.938. The standard InChI is InChI=1S/C8H14O3/c1-3-8(6-9)10-4-7(2)5-11-8/h6-7H,3-5H2,1-2H3. The maximum Gasteiger partial charge on any atom is 0.225 e. The summed E-state index contributed by atoms with van der Waals surface area (Å²) < 4.78 is 10.6. The molecule has 0 spiro atoms. The lowest BCUT2D eigenvalue weighted by Gasteiger charge is -2.34. The highest BCUT2D eigenvalue weighted by Gasteiger charge is 2.34. The molecule has 0 radical (unpaired) electrons. The Labute approximate surface area is 66.7 Å². The van der Waals surface area contributed by atoms with Crippen LogP contribution in [0.5, 0.6) is 0 Å². The average molecular weight is 158 g/mol. The Bertz CT molecular complexity index is 136. The van der Waals surface area contributed by atoms with Crippen molar-refractivity contribution in [2.45, 2.75) is 26.1 Å².